The largest absolute Gasteiger partial charge is 0.341 e. The molecule has 1 amide bonds. The minimum Gasteiger partial charge on any atom is -0.341 e. The Morgan fingerprint density at radius 1 is 1.20 bits per heavy atom. The fourth-order valence-corrected chi connectivity index (χ4v) is 3.45. The number of amides is 1. The van der Waals surface area contributed by atoms with Crippen molar-refractivity contribution in [1.29, 1.82) is 0 Å². The third-order valence-corrected chi connectivity index (χ3v) is 4.82. The van der Waals surface area contributed by atoms with E-state index in [2.05, 4.69) is 14.5 Å². The molecule has 0 unspecified atom stereocenters. The van der Waals surface area contributed by atoms with E-state index >= 15 is 0 Å². The van der Waals surface area contributed by atoms with E-state index < -0.39 is 0 Å². The van der Waals surface area contributed by atoms with E-state index in [0.717, 1.165) is 58.0 Å². The number of hydrogen-bond acceptors (Lipinski definition) is 3. The number of hydrogen-bond donors (Lipinski definition) is 0. The van der Waals surface area contributed by atoms with Crippen molar-refractivity contribution >= 4 is 5.91 Å². The van der Waals surface area contributed by atoms with Gasteiger partial charge in [0.2, 0.25) is 5.91 Å². The van der Waals surface area contributed by atoms with Crippen LogP contribution in [0.3, 0.4) is 0 Å². The lowest BCUT2D eigenvalue weighted by Crippen LogP contribution is -2.38. The van der Waals surface area contributed by atoms with Gasteiger partial charge in [-0.1, -0.05) is 0 Å². The van der Waals surface area contributed by atoms with Gasteiger partial charge in [-0.3, -0.25) is 9.69 Å². The molecule has 1 aromatic rings. The van der Waals surface area contributed by atoms with E-state index in [-0.39, 0.29) is 0 Å². The third kappa shape index (κ3) is 2.24. The van der Waals surface area contributed by atoms with E-state index in [0.29, 0.717) is 5.91 Å². The summed E-state index contributed by atoms with van der Waals surface area (Å²) in [5, 5.41) is 0. The van der Waals surface area contributed by atoms with Crippen molar-refractivity contribution < 1.29 is 4.79 Å². The summed E-state index contributed by atoms with van der Waals surface area (Å²) in [4.78, 5) is 20.7. The lowest BCUT2D eigenvalue weighted by molar-refractivity contribution is -0.127. The summed E-state index contributed by atoms with van der Waals surface area (Å²) in [6.07, 6.45) is 7.58. The average Bonchev–Trinajstić information content (AvgIpc) is 3.09. The number of carbonyl (C=O) groups is 1. The minimum absolute atomic E-state index is 0.334. The highest BCUT2D eigenvalue weighted by Gasteiger charge is 2.29. The molecule has 0 aromatic carbocycles. The minimum atomic E-state index is 0.334. The third-order valence-electron chi connectivity index (χ3n) is 4.82. The Hall–Kier alpha value is -1.36. The van der Waals surface area contributed by atoms with E-state index in [9.17, 15) is 4.79 Å². The van der Waals surface area contributed by atoms with Crippen LogP contribution >= 0.6 is 0 Å². The number of carbonyl (C=O) groups excluding carboxylic acids is 1. The zero-order valence-electron chi connectivity index (χ0n) is 11.9. The molecule has 2 aliphatic heterocycles. The van der Waals surface area contributed by atoms with Gasteiger partial charge in [-0.15, -0.1) is 0 Å². The Morgan fingerprint density at radius 3 is 2.85 bits per heavy atom. The first-order valence-corrected chi connectivity index (χ1v) is 7.86. The van der Waals surface area contributed by atoms with E-state index in [4.69, 9.17) is 0 Å². The number of fused-ring (bicyclic) bond motifs is 1. The molecule has 5 heteroatoms. The second-order valence-electron chi connectivity index (χ2n) is 6.29. The molecule has 0 spiro atoms. The molecular weight excluding hydrogens is 252 g/mol. The molecular formula is C15H22N4O. The Balaban J connectivity index is 1.36. The van der Waals surface area contributed by atoms with Gasteiger partial charge in [-0.05, 0) is 19.3 Å². The van der Waals surface area contributed by atoms with Crippen LogP contribution in [0.25, 0.3) is 0 Å². The molecule has 1 aliphatic carbocycles. The van der Waals surface area contributed by atoms with Crippen molar-refractivity contribution in [3.63, 3.8) is 0 Å². The summed E-state index contributed by atoms with van der Waals surface area (Å²) in [7, 11) is 0. The number of likely N-dealkylation sites (tertiary alicyclic amines) is 1. The normalized spacial score (nSPS) is 23.4. The van der Waals surface area contributed by atoms with E-state index in [1.54, 1.807) is 0 Å². The fourth-order valence-electron chi connectivity index (χ4n) is 3.45. The summed E-state index contributed by atoms with van der Waals surface area (Å²) >= 11 is 0. The van der Waals surface area contributed by atoms with Crippen molar-refractivity contribution in [3.05, 3.63) is 17.7 Å². The molecule has 0 radical (unpaired) electrons. The molecule has 5 nitrogen and oxygen atoms in total. The Labute approximate surface area is 119 Å². The summed E-state index contributed by atoms with van der Waals surface area (Å²) in [6, 6.07) is 0.736. The van der Waals surface area contributed by atoms with Crippen LogP contribution in [0.15, 0.2) is 6.33 Å². The van der Waals surface area contributed by atoms with Crippen LogP contribution in [0.2, 0.25) is 0 Å². The molecule has 4 rings (SSSR count). The summed E-state index contributed by atoms with van der Waals surface area (Å²) in [6.45, 7) is 4.89. The smallest absolute Gasteiger partial charge is 0.222 e. The van der Waals surface area contributed by atoms with Crippen LogP contribution in [0.4, 0.5) is 0 Å². The Morgan fingerprint density at radius 2 is 2.10 bits per heavy atom. The molecule has 1 saturated heterocycles. The second kappa shape index (κ2) is 4.88. The van der Waals surface area contributed by atoms with Gasteiger partial charge in [0.25, 0.3) is 0 Å². The Kier molecular flexibility index (Phi) is 3.02. The molecule has 108 valence electrons. The molecule has 0 bridgehead atoms. The van der Waals surface area contributed by atoms with Crippen molar-refractivity contribution in [2.24, 2.45) is 0 Å². The van der Waals surface area contributed by atoms with Crippen LogP contribution in [0, 0.1) is 0 Å². The molecule has 20 heavy (non-hydrogen) atoms. The van der Waals surface area contributed by atoms with Crippen LogP contribution in [-0.2, 0) is 17.8 Å². The standard InChI is InChI=1S/C15H22N4O/c20-15-2-1-6-18(15)9-8-17-7-5-14-13(10-17)16-11-19(14)12-3-4-12/h11-12H,1-10H2. The van der Waals surface area contributed by atoms with Crippen molar-refractivity contribution in [2.75, 3.05) is 26.2 Å². The van der Waals surface area contributed by atoms with Crippen molar-refractivity contribution in [2.45, 2.75) is 44.7 Å². The number of nitrogens with zero attached hydrogens (tertiary/aromatic N) is 4. The zero-order valence-corrected chi connectivity index (χ0v) is 11.9. The lowest BCUT2D eigenvalue weighted by atomic mass is 10.1. The molecule has 0 atom stereocenters. The maximum atomic E-state index is 11.6. The Bertz CT molecular complexity index is 520. The summed E-state index contributed by atoms with van der Waals surface area (Å²) < 4.78 is 2.40. The van der Waals surface area contributed by atoms with Gasteiger partial charge in [-0.2, -0.15) is 0 Å². The first-order valence-electron chi connectivity index (χ1n) is 7.86. The highest BCUT2D eigenvalue weighted by molar-refractivity contribution is 5.78. The SMILES string of the molecule is O=C1CCCN1CCN1CCc2c(ncn2C2CC2)C1. The quantitative estimate of drug-likeness (QED) is 0.828. The average molecular weight is 274 g/mol. The molecule has 1 aromatic heterocycles. The van der Waals surface area contributed by atoms with Gasteiger partial charge < -0.3 is 9.47 Å². The van der Waals surface area contributed by atoms with E-state index in [1.807, 2.05) is 11.2 Å². The van der Waals surface area contributed by atoms with Crippen LogP contribution in [0.1, 0.15) is 43.1 Å². The number of aromatic nitrogens is 2. The van der Waals surface area contributed by atoms with Crippen LogP contribution in [-0.4, -0.2) is 51.4 Å². The molecule has 3 heterocycles. The van der Waals surface area contributed by atoms with Gasteiger partial charge in [0, 0.05) is 57.3 Å². The van der Waals surface area contributed by atoms with Crippen molar-refractivity contribution in [3.8, 4) is 0 Å². The van der Waals surface area contributed by atoms with Gasteiger partial charge in [-0.25, -0.2) is 4.98 Å². The van der Waals surface area contributed by atoms with Crippen LogP contribution < -0.4 is 0 Å². The molecule has 0 N–H and O–H groups in total. The lowest BCUT2D eigenvalue weighted by Gasteiger charge is -2.28. The number of imidazole rings is 1. The fraction of sp³-hybridized carbons (Fsp3) is 0.733. The van der Waals surface area contributed by atoms with Gasteiger partial charge in [0.1, 0.15) is 0 Å². The number of rotatable bonds is 4. The predicted octanol–water partition coefficient (Wildman–Crippen LogP) is 1.20. The monoisotopic (exact) mass is 274 g/mol. The first kappa shape index (κ1) is 12.4. The van der Waals surface area contributed by atoms with Gasteiger partial charge >= 0.3 is 0 Å². The van der Waals surface area contributed by atoms with Crippen LogP contribution in [0.5, 0.6) is 0 Å². The second-order valence-corrected chi connectivity index (χ2v) is 6.29. The summed E-state index contributed by atoms with van der Waals surface area (Å²) in [5.41, 5.74) is 2.72. The van der Waals surface area contributed by atoms with E-state index in [1.165, 1.54) is 24.2 Å². The topological polar surface area (TPSA) is 41.4 Å². The zero-order chi connectivity index (χ0) is 13.5. The highest BCUT2D eigenvalue weighted by Crippen LogP contribution is 2.37. The van der Waals surface area contributed by atoms with Gasteiger partial charge in [0.05, 0.1) is 12.0 Å². The molecule has 3 aliphatic rings. The maximum Gasteiger partial charge on any atom is 0.222 e. The molecule has 1 saturated carbocycles. The van der Waals surface area contributed by atoms with Crippen molar-refractivity contribution in [1.82, 2.24) is 19.4 Å². The van der Waals surface area contributed by atoms with Gasteiger partial charge in [0.15, 0.2) is 0 Å². The highest BCUT2D eigenvalue weighted by atomic mass is 16.2. The predicted molar refractivity (Wildman–Crippen MR) is 75.3 cm³/mol. The first-order chi connectivity index (χ1) is 9.81. The molecule has 2 fully saturated rings. The summed E-state index contributed by atoms with van der Waals surface area (Å²) in [5.74, 6) is 0.334. The maximum absolute atomic E-state index is 11.6.